The summed E-state index contributed by atoms with van der Waals surface area (Å²) >= 11 is 1.45. The lowest BCUT2D eigenvalue weighted by molar-refractivity contribution is -0.141. The summed E-state index contributed by atoms with van der Waals surface area (Å²) in [5.74, 6) is -0.0477. The maximum atomic E-state index is 11.9. The fourth-order valence-electron chi connectivity index (χ4n) is 2.35. The van der Waals surface area contributed by atoms with Crippen LogP contribution in [0.15, 0.2) is 71.6 Å². The predicted molar refractivity (Wildman–Crippen MR) is 95.6 cm³/mol. The number of benzene rings is 3. The van der Waals surface area contributed by atoms with Crippen LogP contribution in [0.4, 0.5) is 0 Å². The maximum absolute atomic E-state index is 11.9. The Balaban J connectivity index is 1.56. The Hall–Kier alpha value is -2.77. The van der Waals surface area contributed by atoms with E-state index in [1.165, 1.54) is 17.1 Å². The molecule has 3 nitrogen and oxygen atoms in total. The topological polar surface area (TPSA) is 50.1 Å². The van der Waals surface area contributed by atoms with Gasteiger partial charge < -0.3 is 4.74 Å². The van der Waals surface area contributed by atoms with Crippen molar-refractivity contribution in [1.82, 2.24) is 0 Å². The zero-order valence-corrected chi connectivity index (χ0v) is 13.8. The van der Waals surface area contributed by atoms with Gasteiger partial charge in [0.25, 0.3) is 0 Å². The molecule has 0 heterocycles. The van der Waals surface area contributed by atoms with Crippen LogP contribution in [0.3, 0.4) is 0 Å². The number of carbonyl (C=O) groups is 1. The molecule has 0 saturated heterocycles. The van der Waals surface area contributed by atoms with Crippen molar-refractivity contribution in [2.75, 3.05) is 5.75 Å². The molecule has 0 aliphatic heterocycles. The maximum Gasteiger partial charge on any atom is 0.316 e. The second-order valence-electron chi connectivity index (χ2n) is 5.23. The van der Waals surface area contributed by atoms with Gasteiger partial charge in [-0.05, 0) is 29.0 Å². The molecular weight excluding hydrogens is 318 g/mol. The summed E-state index contributed by atoms with van der Waals surface area (Å²) in [5.41, 5.74) is 1.26. The molecule has 0 saturated carbocycles. The third kappa shape index (κ3) is 3.95. The standard InChI is InChI=1S/C20H15NO2S/c21-12-17-7-3-4-8-18(17)13-23-20(22)14-24-19-10-9-15-5-1-2-6-16(15)11-19/h1-11H,13-14H2. The normalized spacial score (nSPS) is 10.3. The van der Waals surface area contributed by atoms with E-state index < -0.39 is 0 Å². The lowest BCUT2D eigenvalue weighted by atomic mass is 10.1. The lowest BCUT2D eigenvalue weighted by Crippen LogP contribution is -2.08. The molecule has 0 atom stereocenters. The molecule has 4 heteroatoms. The molecular formula is C20H15NO2S. The van der Waals surface area contributed by atoms with Gasteiger partial charge in [-0.2, -0.15) is 5.26 Å². The molecule has 0 amide bonds. The fourth-order valence-corrected chi connectivity index (χ4v) is 3.10. The zero-order valence-electron chi connectivity index (χ0n) is 12.9. The number of ether oxygens (including phenoxy) is 1. The van der Waals surface area contributed by atoms with Gasteiger partial charge in [-0.1, -0.05) is 48.5 Å². The Morgan fingerprint density at radius 2 is 1.75 bits per heavy atom. The third-order valence-electron chi connectivity index (χ3n) is 3.60. The van der Waals surface area contributed by atoms with Crippen LogP contribution in [0.5, 0.6) is 0 Å². The third-order valence-corrected chi connectivity index (χ3v) is 4.57. The van der Waals surface area contributed by atoms with Crippen LogP contribution in [0.2, 0.25) is 0 Å². The zero-order chi connectivity index (χ0) is 16.8. The van der Waals surface area contributed by atoms with E-state index in [0.717, 1.165) is 15.8 Å². The number of fused-ring (bicyclic) bond motifs is 1. The minimum absolute atomic E-state index is 0.126. The van der Waals surface area contributed by atoms with E-state index in [4.69, 9.17) is 10.00 Å². The first-order valence-corrected chi connectivity index (χ1v) is 8.50. The summed E-state index contributed by atoms with van der Waals surface area (Å²) in [5, 5.41) is 11.4. The fraction of sp³-hybridized carbons (Fsp3) is 0.100. The number of esters is 1. The quantitative estimate of drug-likeness (QED) is 0.508. The average molecular weight is 333 g/mol. The average Bonchev–Trinajstić information content (AvgIpc) is 2.64. The van der Waals surface area contributed by atoms with Crippen LogP contribution in [0.25, 0.3) is 10.8 Å². The van der Waals surface area contributed by atoms with Gasteiger partial charge in [0.2, 0.25) is 0 Å². The number of hydrogen-bond acceptors (Lipinski definition) is 4. The number of nitrogens with zero attached hydrogens (tertiary/aromatic N) is 1. The van der Waals surface area contributed by atoms with Gasteiger partial charge in [0, 0.05) is 10.5 Å². The van der Waals surface area contributed by atoms with Crippen LogP contribution in [0.1, 0.15) is 11.1 Å². The minimum atomic E-state index is -0.291. The second-order valence-corrected chi connectivity index (χ2v) is 6.28. The Morgan fingerprint density at radius 1 is 1.00 bits per heavy atom. The Bertz CT molecular complexity index is 915. The molecule has 0 aliphatic rings. The summed E-state index contributed by atoms with van der Waals surface area (Å²) in [6, 6.07) is 23.5. The van der Waals surface area contributed by atoms with E-state index >= 15 is 0 Å². The van der Waals surface area contributed by atoms with Crippen LogP contribution in [-0.2, 0) is 16.1 Å². The van der Waals surface area contributed by atoms with E-state index in [0.29, 0.717) is 5.56 Å². The monoisotopic (exact) mass is 333 g/mol. The van der Waals surface area contributed by atoms with Crippen LogP contribution in [0, 0.1) is 11.3 Å². The van der Waals surface area contributed by atoms with Crippen molar-refractivity contribution in [3.05, 3.63) is 77.9 Å². The highest BCUT2D eigenvalue weighted by atomic mass is 32.2. The van der Waals surface area contributed by atoms with Crippen molar-refractivity contribution in [1.29, 1.82) is 5.26 Å². The van der Waals surface area contributed by atoms with Gasteiger partial charge >= 0.3 is 5.97 Å². The van der Waals surface area contributed by atoms with E-state index in [9.17, 15) is 4.79 Å². The van der Waals surface area contributed by atoms with Crippen molar-refractivity contribution in [2.45, 2.75) is 11.5 Å². The molecule has 0 radical (unpaired) electrons. The van der Waals surface area contributed by atoms with Crippen molar-refractivity contribution < 1.29 is 9.53 Å². The molecule has 3 aromatic rings. The van der Waals surface area contributed by atoms with Crippen LogP contribution < -0.4 is 0 Å². The predicted octanol–water partition coefficient (Wildman–Crippen LogP) is 4.55. The van der Waals surface area contributed by atoms with Crippen LogP contribution >= 0.6 is 11.8 Å². The molecule has 0 unspecified atom stereocenters. The first-order chi connectivity index (χ1) is 11.8. The summed E-state index contributed by atoms with van der Waals surface area (Å²) < 4.78 is 5.27. The van der Waals surface area contributed by atoms with E-state index in [-0.39, 0.29) is 18.3 Å². The van der Waals surface area contributed by atoms with Gasteiger partial charge in [0.15, 0.2) is 0 Å². The number of carbonyl (C=O) groups excluding carboxylic acids is 1. The van der Waals surface area contributed by atoms with Gasteiger partial charge in [-0.3, -0.25) is 4.79 Å². The van der Waals surface area contributed by atoms with Crippen molar-refractivity contribution >= 4 is 28.5 Å². The Labute approximate surface area is 144 Å². The van der Waals surface area contributed by atoms with Crippen molar-refractivity contribution in [2.24, 2.45) is 0 Å². The lowest BCUT2D eigenvalue weighted by Gasteiger charge is -2.07. The largest absolute Gasteiger partial charge is 0.460 e. The molecule has 0 fully saturated rings. The van der Waals surface area contributed by atoms with Gasteiger partial charge in [-0.15, -0.1) is 11.8 Å². The summed E-state index contributed by atoms with van der Waals surface area (Å²) in [6.07, 6.45) is 0. The number of hydrogen-bond donors (Lipinski definition) is 0. The van der Waals surface area contributed by atoms with Gasteiger partial charge in [0.1, 0.15) is 6.61 Å². The number of nitriles is 1. The van der Waals surface area contributed by atoms with E-state index in [1.54, 1.807) is 18.2 Å². The highest BCUT2D eigenvalue weighted by Gasteiger charge is 2.07. The molecule has 0 spiro atoms. The molecule has 118 valence electrons. The summed E-state index contributed by atoms with van der Waals surface area (Å²) in [4.78, 5) is 13.0. The number of thioether (sulfide) groups is 1. The first-order valence-electron chi connectivity index (χ1n) is 7.51. The number of rotatable bonds is 5. The van der Waals surface area contributed by atoms with E-state index in [1.807, 2.05) is 30.3 Å². The molecule has 0 aliphatic carbocycles. The highest BCUT2D eigenvalue weighted by molar-refractivity contribution is 8.00. The molecule has 24 heavy (non-hydrogen) atoms. The molecule has 3 aromatic carbocycles. The first kappa shape index (κ1) is 16.1. The Kier molecular flexibility index (Phi) is 5.15. The van der Waals surface area contributed by atoms with Gasteiger partial charge in [0.05, 0.1) is 17.4 Å². The van der Waals surface area contributed by atoms with Gasteiger partial charge in [-0.25, -0.2) is 0 Å². The summed E-state index contributed by atoms with van der Waals surface area (Å²) in [7, 11) is 0. The molecule has 0 bridgehead atoms. The second kappa shape index (κ2) is 7.67. The van der Waals surface area contributed by atoms with Crippen molar-refractivity contribution in [3.63, 3.8) is 0 Å². The minimum Gasteiger partial charge on any atom is -0.460 e. The highest BCUT2D eigenvalue weighted by Crippen LogP contribution is 2.23. The van der Waals surface area contributed by atoms with Crippen molar-refractivity contribution in [3.8, 4) is 6.07 Å². The van der Waals surface area contributed by atoms with Crippen LogP contribution in [-0.4, -0.2) is 11.7 Å². The molecule has 0 N–H and O–H groups in total. The van der Waals surface area contributed by atoms with E-state index in [2.05, 4.69) is 24.3 Å². The molecule has 0 aromatic heterocycles. The molecule has 3 rings (SSSR count). The Morgan fingerprint density at radius 3 is 2.58 bits per heavy atom. The SMILES string of the molecule is N#Cc1ccccc1COC(=O)CSc1ccc2ccccc2c1. The summed E-state index contributed by atoms with van der Waals surface area (Å²) in [6.45, 7) is 0.126. The smallest absolute Gasteiger partial charge is 0.316 e.